The van der Waals surface area contributed by atoms with Gasteiger partial charge in [0.2, 0.25) is 0 Å². The molecule has 2 N–H and O–H groups in total. The molecule has 0 atom stereocenters. The van der Waals surface area contributed by atoms with Gasteiger partial charge < -0.3 is 15.5 Å². The Morgan fingerprint density at radius 1 is 1.04 bits per heavy atom. The van der Waals surface area contributed by atoms with E-state index in [1.807, 2.05) is 38.4 Å². The summed E-state index contributed by atoms with van der Waals surface area (Å²) in [7, 11) is 3.98. The van der Waals surface area contributed by atoms with Crippen molar-refractivity contribution in [2.45, 2.75) is 32.6 Å². The quantitative estimate of drug-likeness (QED) is 0.721. The van der Waals surface area contributed by atoms with Crippen LogP contribution in [-0.2, 0) is 5.41 Å². The topological polar surface area (TPSA) is 74.3 Å². The molecule has 2 amide bonds. The summed E-state index contributed by atoms with van der Waals surface area (Å²) in [6, 6.07) is 9.31. The number of benzene rings is 1. The molecule has 1 heterocycles. The number of hydrogen-bond donors (Lipinski definition) is 2. The zero-order valence-electron chi connectivity index (χ0n) is 17.4. The number of nitrogens with one attached hydrogen (secondary N) is 2. The number of para-hydroxylation sites is 1. The number of pyridine rings is 1. The van der Waals surface area contributed by atoms with Gasteiger partial charge in [0.1, 0.15) is 0 Å². The number of anilines is 1. The van der Waals surface area contributed by atoms with Crippen LogP contribution in [0.2, 0.25) is 0 Å². The van der Waals surface area contributed by atoms with Crippen LogP contribution in [0.25, 0.3) is 0 Å². The van der Waals surface area contributed by atoms with Gasteiger partial charge in [-0.25, -0.2) is 0 Å². The van der Waals surface area contributed by atoms with E-state index in [-0.39, 0.29) is 17.2 Å². The molecule has 0 bridgehead atoms. The van der Waals surface area contributed by atoms with Crippen molar-refractivity contribution >= 4 is 17.5 Å². The third kappa shape index (κ3) is 6.16. The first-order chi connectivity index (χ1) is 13.2. The van der Waals surface area contributed by atoms with Crippen molar-refractivity contribution in [1.82, 2.24) is 15.2 Å². The average Bonchev–Trinajstić information content (AvgIpc) is 2.64. The first-order valence-electron chi connectivity index (χ1n) is 9.47. The van der Waals surface area contributed by atoms with Crippen LogP contribution in [0.3, 0.4) is 0 Å². The van der Waals surface area contributed by atoms with E-state index in [1.54, 1.807) is 6.07 Å². The van der Waals surface area contributed by atoms with E-state index in [0.29, 0.717) is 17.7 Å². The van der Waals surface area contributed by atoms with Gasteiger partial charge in [0.15, 0.2) is 0 Å². The van der Waals surface area contributed by atoms with Crippen molar-refractivity contribution in [1.29, 1.82) is 0 Å². The third-order valence-corrected chi connectivity index (χ3v) is 4.31. The van der Waals surface area contributed by atoms with E-state index in [9.17, 15) is 9.59 Å². The predicted molar refractivity (Wildman–Crippen MR) is 113 cm³/mol. The Morgan fingerprint density at radius 2 is 1.68 bits per heavy atom. The molecule has 28 heavy (non-hydrogen) atoms. The molecule has 0 radical (unpaired) electrons. The van der Waals surface area contributed by atoms with Crippen LogP contribution >= 0.6 is 0 Å². The zero-order valence-corrected chi connectivity index (χ0v) is 17.4. The molecule has 6 nitrogen and oxygen atoms in total. The second-order valence-corrected chi connectivity index (χ2v) is 8.12. The molecule has 0 saturated carbocycles. The molecule has 0 aliphatic heterocycles. The molecule has 0 saturated heterocycles. The standard InChI is InChI=1S/C22H30N4O2/c1-22(2,3)18-9-6-7-10-19(18)25-21(28)17-13-16(14-23-15-17)20(27)24-11-8-12-26(4)5/h6-7,9-10,13-15H,8,11-12H2,1-5H3,(H,24,27)(H,25,28). The summed E-state index contributed by atoms with van der Waals surface area (Å²) in [4.78, 5) is 31.2. The lowest BCUT2D eigenvalue weighted by molar-refractivity contribution is 0.0952. The minimum absolute atomic E-state index is 0.101. The number of amides is 2. The lowest BCUT2D eigenvalue weighted by Crippen LogP contribution is -2.27. The van der Waals surface area contributed by atoms with Gasteiger partial charge in [-0.15, -0.1) is 0 Å². The summed E-state index contributed by atoms with van der Waals surface area (Å²) < 4.78 is 0. The minimum Gasteiger partial charge on any atom is -0.352 e. The van der Waals surface area contributed by atoms with Gasteiger partial charge >= 0.3 is 0 Å². The summed E-state index contributed by atoms with van der Waals surface area (Å²) in [5, 5.41) is 5.81. The van der Waals surface area contributed by atoms with Gasteiger partial charge in [0.05, 0.1) is 11.1 Å². The maximum Gasteiger partial charge on any atom is 0.257 e. The fourth-order valence-electron chi connectivity index (χ4n) is 2.83. The summed E-state index contributed by atoms with van der Waals surface area (Å²) >= 11 is 0. The summed E-state index contributed by atoms with van der Waals surface area (Å²) in [6.07, 6.45) is 3.80. The Kier molecular flexibility index (Phi) is 7.29. The molecule has 6 heteroatoms. The van der Waals surface area contributed by atoms with Crippen LogP contribution in [0.4, 0.5) is 5.69 Å². The van der Waals surface area contributed by atoms with E-state index >= 15 is 0 Å². The molecular weight excluding hydrogens is 352 g/mol. The van der Waals surface area contributed by atoms with E-state index < -0.39 is 0 Å². The van der Waals surface area contributed by atoms with Gasteiger partial charge in [-0.1, -0.05) is 39.0 Å². The van der Waals surface area contributed by atoms with Crippen molar-refractivity contribution in [2.24, 2.45) is 0 Å². The van der Waals surface area contributed by atoms with Gasteiger partial charge in [-0.2, -0.15) is 0 Å². The second kappa shape index (κ2) is 9.46. The van der Waals surface area contributed by atoms with Crippen molar-refractivity contribution in [2.75, 3.05) is 32.5 Å². The first-order valence-corrected chi connectivity index (χ1v) is 9.47. The lowest BCUT2D eigenvalue weighted by atomic mass is 9.86. The van der Waals surface area contributed by atoms with E-state index in [0.717, 1.165) is 24.2 Å². The molecule has 0 aliphatic rings. The minimum atomic E-state index is -0.286. The Balaban J connectivity index is 2.08. The predicted octanol–water partition coefficient (Wildman–Crippen LogP) is 3.31. The highest BCUT2D eigenvalue weighted by Crippen LogP contribution is 2.29. The number of nitrogens with zero attached hydrogens (tertiary/aromatic N) is 2. The first kappa shape index (κ1) is 21.6. The maximum absolute atomic E-state index is 12.7. The molecule has 0 fully saturated rings. The summed E-state index contributed by atoms with van der Waals surface area (Å²) in [5.41, 5.74) is 2.44. The van der Waals surface area contributed by atoms with Crippen LogP contribution in [0.1, 0.15) is 53.5 Å². The molecule has 2 aromatic rings. The number of rotatable bonds is 7. The van der Waals surface area contributed by atoms with Crippen LogP contribution in [0, 0.1) is 0 Å². The van der Waals surface area contributed by atoms with Crippen molar-refractivity contribution in [3.05, 3.63) is 59.4 Å². The molecule has 1 aromatic carbocycles. The van der Waals surface area contributed by atoms with Crippen molar-refractivity contribution < 1.29 is 9.59 Å². The lowest BCUT2D eigenvalue weighted by Gasteiger charge is -2.23. The van der Waals surface area contributed by atoms with Crippen LogP contribution in [0.5, 0.6) is 0 Å². The fraction of sp³-hybridized carbons (Fsp3) is 0.409. The maximum atomic E-state index is 12.7. The Labute approximate surface area is 167 Å². The normalized spacial score (nSPS) is 11.4. The largest absolute Gasteiger partial charge is 0.352 e. The van der Waals surface area contributed by atoms with Crippen molar-refractivity contribution in [3.8, 4) is 0 Å². The highest BCUT2D eigenvalue weighted by molar-refractivity contribution is 6.06. The molecule has 1 aromatic heterocycles. The van der Waals surface area contributed by atoms with E-state index in [4.69, 9.17) is 0 Å². The van der Waals surface area contributed by atoms with Crippen molar-refractivity contribution in [3.63, 3.8) is 0 Å². The molecular formula is C22H30N4O2. The summed E-state index contributed by atoms with van der Waals surface area (Å²) in [6.45, 7) is 7.77. The van der Waals surface area contributed by atoms with Gasteiger partial charge in [0, 0.05) is 24.6 Å². The summed E-state index contributed by atoms with van der Waals surface area (Å²) in [5.74, 6) is -0.512. The van der Waals surface area contributed by atoms with Crippen LogP contribution < -0.4 is 10.6 Å². The van der Waals surface area contributed by atoms with E-state index in [2.05, 4.69) is 41.3 Å². The molecule has 0 aliphatic carbocycles. The highest BCUT2D eigenvalue weighted by Gasteiger charge is 2.19. The zero-order chi connectivity index (χ0) is 20.7. The van der Waals surface area contributed by atoms with Gasteiger partial charge in [0.25, 0.3) is 11.8 Å². The number of carbonyl (C=O) groups is 2. The fourth-order valence-corrected chi connectivity index (χ4v) is 2.83. The SMILES string of the molecule is CN(C)CCCNC(=O)c1cncc(C(=O)Nc2ccccc2C(C)(C)C)c1. The van der Waals surface area contributed by atoms with Crippen LogP contribution in [0.15, 0.2) is 42.7 Å². The average molecular weight is 383 g/mol. The molecule has 0 spiro atoms. The second-order valence-electron chi connectivity index (χ2n) is 8.12. The molecule has 0 unspecified atom stereocenters. The molecule has 150 valence electrons. The smallest absolute Gasteiger partial charge is 0.257 e. The number of hydrogen-bond acceptors (Lipinski definition) is 4. The van der Waals surface area contributed by atoms with Crippen LogP contribution in [-0.4, -0.2) is 48.9 Å². The monoisotopic (exact) mass is 382 g/mol. The highest BCUT2D eigenvalue weighted by atomic mass is 16.2. The van der Waals surface area contributed by atoms with Gasteiger partial charge in [-0.3, -0.25) is 14.6 Å². The van der Waals surface area contributed by atoms with E-state index in [1.165, 1.54) is 12.4 Å². The Morgan fingerprint density at radius 3 is 2.32 bits per heavy atom. The Hall–Kier alpha value is -2.73. The number of carbonyl (C=O) groups excluding carboxylic acids is 2. The molecule has 2 rings (SSSR count). The third-order valence-electron chi connectivity index (χ3n) is 4.31. The van der Waals surface area contributed by atoms with Gasteiger partial charge in [-0.05, 0) is 50.2 Å². The number of aromatic nitrogens is 1. The Bertz CT molecular complexity index is 825.